The molecule has 0 radical (unpaired) electrons. The highest BCUT2D eigenvalue weighted by Crippen LogP contribution is 2.36. The van der Waals surface area contributed by atoms with E-state index in [0.29, 0.717) is 17.9 Å². The number of carbonyl (C=O) groups is 3. The van der Waals surface area contributed by atoms with E-state index >= 15 is 0 Å². The molecule has 1 aliphatic rings. The summed E-state index contributed by atoms with van der Waals surface area (Å²) in [6.07, 6.45) is 0.959. The predicted molar refractivity (Wildman–Crippen MR) is 127 cm³/mol. The van der Waals surface area contributed by atoms with Gasteiger partial charge in [0.1, 0.15) is 0 Å². The van der Waals surface area contributed by atoms with Crippen LogP contribution in [-0.2, 0) is 20.8 Å². The first kappa shape index (κ1) is 21.6. The Morgan fingerprint density at radius 3 is 2.34 bits per heavy atom. The summed E-state index contributed by atoms with van der Waals surface area (Å²) in [6, 6.07) is 18.9. The first-order valence-electron chi connectivity index (χ1n) is 10.4. The number of benzene rings is 2. The number of para-hydroxylation sites is 1. The molecule has 3 amide bonds. The Labute approximate surface area is 190 Å². The van der Waals surface area contributed by atoms with Crippen LogP contribution in [-0.4, -0.2) is 30.8 Å². The van der Waals surface area contributed by atoms with Gasteiger partial charge in [-0.3, -0.25) is 14.4 Å². The minimum Gasteiger partial charge on any atom is -0.361 e. The highest BCUT2D eigenvalue weighted by molar-refractivity contribution is 7.10. The van der Waals surface area contributed by atoms with Crippen LogP contribution < -0.4 is 20.9 Å². The fourth-order valence-corrected chi connectivity index (χ4v) is 4.67. The number of hydrogen-bond donors (Lipinski definition) is 3. The van der Waals surface area contributed by atoms with Crippen LogP contribution in [0.25, 0.3) is 0 Å². The third-order valence-corrected chi connectivity index (χ3v) is 6.27. The average Bonchev–Trinajstić information content (AvgIpc) is 3.46. The lowest BCUT2D eigenvalue weighted by Crippen LogP contribution is -2.41. The van der Waals surface area contributed by atoms with Gasteiger partial charge in [0.25, 0.3) is 0 Å². The van der Waals surface area contributed by atoms with Gasteiger partial charge in [-0.05, 0) is 53.8 Å². The van der Waals surface area contributed by atoms with Crippen LogP contribution in [0.5, 0.6) is 0 Å². The van der Waals surface area contributed by atoms with Gasteiger partial charge in [0.2, 0.25) is 5.91 Å². The predicted octanol–water partition coefficient (Wildman–Crippen LogP) is 3.57. The monoisotopic (exact) mass is 448 g/mol. The number of nitrogens with one attached hydrogen (secondary N) is 3. The molecule has 3 aromatic rings. The van der Waals surface area contributed by atoms with Crippen molar-refractivity contribution in [3.8, 4) is 0 Å². The quantitative estimate of drug-likeness (QED) is 0.503. The zero-order valence-corrected chi connectivity index (χ0v) is 18.4. The van der Waals surface area contributed by atoms with Crippen molar-refractivity contribution in [2.45, 2.75) is 19.4 Å². The number of amides is 3. The molecule has 1 aliphatic heterocycles. The summed E-state index contributed by atoms with van der Waals surface area (Å²) < 4.78 is 0. The summed E-state index contributed by atoms with van der Waals surface area (Å²) in [5.74, 6) is -1.60. The highest BCUT2D eigenvalue weighted by Gasteiger charge is 2.28. The zero-order chi connectivity index (χ0) is 22.5. The minimum absolute atomic E-state index is 0.0488. The second-order valence-corrected chi connectivity index (χ2v) is 8.51. The summed E-state index contributed by atoms with van der Waals surface area (Å²) >= 11 is 1.64. The third-order valence-electron chi connectivity index (χ3n) is 5.30. The number of thiophene rings is 1. The number of carbonyl (C=O) groups excluding carboxylic acids is 3. The SMILES string of the molecule is CC(=O)Nc1ccc(NC(=O)C(=O)NC[C@H](c2cccs2)N2CCc3ccccc32)cc1. The van der Waals surface area contributed by atoms with Gasteiger partial charge in [-0.2, -0.15) is 0 Å². The Hall–Kier alpha value is -3.65. The molecule has 2 heterocycles. The van der Waals surface area contributed by atoms with E-state index in [-0.39, 0.29) is 11.9 Å². The van der Waals surface area contributed by atoms with Crippen LogP contribution >= 0.6 is 11.3 Å². The lowest BCUT2D eigenvalue weighted by Gasteiger charge is -2.30. The van der Waals surface area contributed by atoms with Crippen LogP contribution in [0.15, 0.2) is 66.0 Å². The van der Waals surface area contributed by atoms with E-state index in [1.54, 1.807) is 35.6 Å². The Morgan fingerprint density at radius 1 is 0.938 bits per heavy atom. The van der Waals surface area contributed by atoms with Gasteiger partial charge in [-0.15, -0.1) is 11.3 Å². The van der Waals surface area contributed by atoms with E-state index in [1.165, 1.54) is 18.2 Å². The molecule has 0 saturated carbocycles. The standard InChI is InChI=1S/C24H24N4O3S/c1-16(29)26-18-8-10-19(11-9-18)27-24(31)23(30)25-15-21(22-7-4-14-32-22)28-13-12-17-5-2-3-6-20(17)28/h2-11,14,21H,12-13,15H2,1H3,(H,25,30)(H,26,29)(H,27,31)/t21-/m1/s1. The molecule has 164 valence electrons. The van der Waals surface area contributed by atoms with Crippen molar-refractivity contribution in [3.63, 3.8) is 0 Å². The van der Waals surface area contributed by atoms with Crippen LogP contribution in [0.3, 0.4) is 0 Å². The number of anilines is 3. The second kappa shape index (κ2) is 9.65. The van der Waals surface area contributed by atoms with E-state index < -0.39 is 11.8 Å². The Kier molecular flexibility index (Phi) is 6.51. The van der Waals surface area contributed by atoms with Crippen molar-refractivity contribution < 1.29 is 14.4 Å². The van der Waals surface area contributed by atoms with E-state index in [4.69, 9.17) is 0 Å². The Morgan fingerprint density at radius 2 is 1.66 bits per heavy atom. The number of rotatable bonds is 6. The Bertz CT molecular complexity index is 1110. The average molecular weight is 449 g/mol. The summed E-state index contributed by atoms with van der Waals surface area (Å²) in [5.41, 5.74) is 3.55. The first-order valence-corrected chi connectivity index (χ1v) is 11.2. The maximum absolute atomic E-state index is 12.5. The van der Waals surface area contributed by atoms with Crippen molar-refractivity contribution in [2.75, 3.05) is 28.6 Å². The lowest BCUT2D eigenvalue weighted by molar-refractivity contribution is -0.136. The van der Waals surface area contributed by atoms with Gasteiger partial charge in [-0.25, -0.2) is 0 Å². The van der Waals surface area contributed by atoms with E-state index in [2.05, 4.69) is 39.0 Å². The zero-order valence-electron chi connectivity index (χ0n) is 17.6. The lowest BCUT2D eigenvalue weighted by atomic mass is 10.1. The number of nitrogens with zero attached hydrogens (tertiary/aromatic N) is 1. The molecule has 3 N–H and O–H groups in total. The molecule has 0 bridgehead atoms. The topological polar surface area (TPSA) is 90.5 Å². The molecule has 4 rings (SSSR count). The van der Waals surface area contributed by atoms with Crippen LogP contribution in [0.1, 0.15) is 23.4 Å². The largest absolute Gasteiger partial charge is 0.361 e. The molecule has 0 saturated heterocycles. The van der Waals surface area contributed by atoms with Gasteiger partial charge in [-0.1, -0.05) is 24.3 Å². The minimum atomic E-state index is -0.732. The smallest absolute Gasteiger partial charge is 0.313 e. The summed E-state index contributed by atoms with van der Waals surface area (Å²) in [7, 11) is 0. The van der Waals surface area contributed by atoms with Crippen LogP contribution in [0.2, 0.25) is 0 Å². The molecule has 0 fully saturated rings. The van der Waals surface area contributed by atoms with E-state index in [1.807, 2.05) is 23.6 Å². The van der Waals surface area contributed by atoms with Gasteiger partial charge in [0.15, 0.2) is 0 Å². The molecular formula is C24H24N4O3S. The highest BCUT2D eigenvalue weighted by atomic mass is 32.1. The second-order valence-electron chi connectivity index (χ2n) is 7.53. The fraction of sp³-hybridized carbons (Fsp3) is 0.208. The number of fused-ring (bicyclic) bond motifs is 1. The van der Waals surface area contributed by atoms with Gasteiger partial charge >= 0.3 is 11.8 Å². The molecule has 8 heteroatoms. The normalized spacial score (nSPS) is 13.2. The van der Waals surface area contributed by atoms with Crippen molar-refractivity contribution in [1.29, 1.82) is 0 Å². The maximum Gasteiger partial charge on any atom is 0.313 e. The van der Waals surface area contributed by atoms with Crippen molar-refractivity contribution in [3.05, 3.63) is 76.5 Å². The summed E-state index contributed by atoms with van der Waals surface area (Å²) in [6.45, 7) is 2.61. The van der Waals surface area contributed by atoms with E-state index in [9.17, 15) is 14.4 Å². The van der Waals surface area contributed by atoms with Crippen molar-refractivity contribution >= 4 is 46.1 Å². The fourth-order valence-electron chi connectivity index (χ4n) is 3.83. The van der Waals surface area contributed by atoms with Crippen molar-refractivity contribution in [1.82, 2.24) is 5.32 Å². The molecule has 1 aromatic heterocycles. The molecule has 32 heavy (non-hydrogen) atoms. The van der Waals surface area contributed by atoms with Gasteiger partial charge in [0.05, 0.1) is 6.04 Å². The molecule has 0 aliphatic carbocycles. The summed E-state index contributed by atoms with van der Waals surface area (Å²) in [5, 5.41) is 10.1. The first-order chi connectivity index (χ1) is 15.5. The van der Waals surface area contributed by atoms with Gasteiger partial charge in [0, 0.05) is 42.0 Å². The molecule has 0 unspecified atom stereocenters. The Balaban J connectivity index is 1.39. The van der Waals surface area contributed by atoms with Crippen LogP contribution in [0.4, 0.5) is 17.1 Å². The van der Waals surface area contributed by atoms with Crippen LogP contribution in [0, 0.1) is 0 Å². The molecule has 1 atom stereocenters. The molecular weight excluding hydrogens is 424 g/mol. The molecule has 2 aromatic carbocycles. The number of hydrogen-bond acceptors (Lipinski definition) is 5. The van der Waals surface area contributed by atoms with Gasteiger partial charge < -0.3 is 20.9 Å². The van der Waals surface area contributed by atoms with E-state index in [0.717, 1.165) is 17.8 Å². The summed E-state index contributed by atoms with van der Waals surface area (Å²) in [4.78, 5) is 39.4. The molecule has 7 nitrogen and oxygen atoms in total. The van der Waals surface area contributed by atoms with Crippen molar-refractivity contribution in [2.24, 2.45) is 0 Å². The molecule has 0 spiro atoms. The maximum atomic E-state index is 12.5. The third kappa shape index (κ3) is 4.97.